The molecule has 2 aromatic carbocycles. The van der Waals surface area contributed by atoms with Crippen molar-refractivity contribution in [3.05, 3.63) is 53.1 Å². The molecule has 1 atom stereocenters. The van der Waals surface area contributed by atoms with Gasteiger partial charge in [0.05, 0.1) is 19.8 Å². The highest BCUT2D eigenvalue weighted by atomic mass is 16.5. The number of benzene rings is 2. The molecule has 0 fully saturated rings. The first kappa shape index (κ1) is 20.5. The van der Waals surface area contributed by atoms with Gasteiger partial charge >= 0.3 is 0 Å². The Morgan fingerprint density at radius 1 is 0.963 bits per heavy atom. The van der Waals surface area contributed by atoms with Crippen LogP contribution in [0.1, 0.15) is 16.7 Å². The van der Waals surface area contributed by atoms with Gasteiger partial charge in [-0.2, -0.15) is 0 Å². The van der Waals surface area contributed by atoms with E-state index in [0.29, 0.717) is 11.4 Å². The zero-order chi connectivity index (χ0) is 20.0. The minimum Gasteiger partial charge on any atom is -0.495 e. The van der Waals surface area contributed by atoms with E-state index in [4.69, 9.17) is 4.74 Å². The average molecular weight is 370 g/mol. The van der Waals surface area contributed by atoms with Crippen LogP contribution >= 0.6 is 0 Å². The molecule has 0 bridgehead atoms. The van der Waals surface area contributed by atoms with Crippen molar-refractivity contribution in [3.63, 3.8) is 0 Å². The molecule has 2 amide bonds. The maximum atomic E-state index is 12.4. The van der Waals surface area contributed by atoms with Gasteiger partial charge in [0.25, 0.3) is 11.8 Å². The molecule has 27 heavy (non-hydrogen) atoms. The number of amides is 2. The van der Waals surface area contributed by atoms with E-state index < -0.39 is 0 Å². The van der Waals surface area contributed by atoms with Gasteiger partial charge in [0, 0.05) is 5.69 Å². The Hall–Kier alpha value is -2.86. The zero-order valence-corrected chi connectivity index (χ0v) is 16.6. The number of carbonyl (C=O) groups excluding carboxylic acids is 2. The number of methoxy groups -OCH3 is 1. The van der Waals surface area contributed by atoms with Gasteiger partial charge in [0.15, 0.2) is 13.1 Å². The summed E-state index contributed by atoms with van der Waals surface area (Å²) >= 11 is 0. The second-order valence-electron chi connectivity index (χ2n) is 6.88. The SMILES string of the molecule is COc1ccccc1NC(=O)C[NH+](C)CC(=O)Nc1c(C)cc(C)cc1C. The topological polar surface area (TPSA) is 71.9 Å². The van der Waals surface area contributed by atoms with Crippen molar-refractivity contribution in [2.24, 2.45) is 0 Å². The number of hydrogen-bond donors (Lipinski definition) is 3. The van der Waals surface area contributed by atoms with Crippen molar-refractivity contribution >= 4 is 23.2 Å². The van der Waals surface area contributed by atoms with Gasteiger partial charge in [-0.3, -0.25) is 9.59 Å². The minimum absolute atomic E-state index is 0.118. The first-order valence-corrected chi connectivity index (χ1v) is 8.92. The molecule has 0 heterocycles. The average Bonchev–Trinajstić information content (AvgIpc) is 2.58. The predicted octanol–water partition coefficient (Wildman–Crippen LogP) is 1.71. The lowest BCUT2D eigenvalue weighted by atomic mass is 10.1. The standard InChI is InChI=1S/C21H27N3O3/c1-14-10-15(2)21(16(3)11-14)23-20(26)13-24(4)12-19(25)22-17-8-6-7-9-18(17)27-5/h6-11H,12-13H2,1-5H3,(H,22,25)(H,23,26)/p+1. The van der Waals surface area contributed by atoms with Crippen LogP contribution in [-0.2, 0) is 9.59 Å². The normalized spacial score (nSPS) is 11.6. The van der Waals surface area contributed by atoms with Crippen molar-refractivity contribution in [2.75, 3.05) is 37.9 Å². The van der Waals surface area contributed by atoms with E-state index in [0.717, 1.165) is 21.7 Å². The summed E-state index contributed by atoms with van der Waals surface area (Å²) in [5.74, 6) is 0.312. The van der Waals surface area contributed by atoms with Crippen LogP contribution in [0.25, 0.3) is 0 Å². The molecule has 1 unspecified atom stereocenters. The monoisotopic (exact) mass is 370 g/mol. The van der Waals surface area contributed by atoms with Gasteiger partial charge in [-0.15, -0.1) is 0 Å². The third-order valence-corrected chi connectivity index (χ3v) is 4.25. The fraction of sp³-hybridized carbons (Fsp3) is 0.333. The summed E-state index contributed by atoms with van der Waals surface area (Å²) in [4.78, 5) is 25.4. The van der Waals surface area contributed by atoms with Crippen LogP contribution < -0.4 is 20.3 Å². The number of carbonyl (C=O) groups is 2. The van der Waals surface area contributed by atoms with Crippen LogP contribution in [0.15, 0.2) is 36.4 Å². The number of rotatable bonds is 7. The number of likely N-dealkylation sites (N-methyl/N-ethyl adjacent to an activating group) is 1. The highest BCUT2D eigenvalue weighted by Gasteiger charge is 2.17. The van der Waals surface area contributed by atoms with Crippen LogP contribution in [0.4, 0.5) is 11.4 Å². The number of aryl methyl sites for hydroxylation is 3. The van der Waals surface area contributed by atoms with E-state index in [2.05, 4.69) is 10.6 Å². The maximum absolute atomic E-state index is 12.4. The van der Waals surface area contributed by atoms with Crippen LogP contribution in [0.5, 0.6) is 5.75 Å². The fourth-order valence-electron chi connectivity index (χ4n) is 3.11. The van der Waals surface area contributed by atoms with Gasteiger partial charge in [0.2, 0.25) is 0 Å². The first-order chi connectivity index (χ1) is 12.8. The number of anilines is 2. The molecule has 0 aliphatic carbocycles. The van der Waals surface area contributed by atoms with E-state index in [1.807, 2.05) is 52.1 Å². The number of nitrogens with one attached hydrogen (secondary N) is 3. The zero-order valence-electron chi connectivity index (χ0n) is 16.6. The fourth-order valence-corrected chi connectivity index (χ4v) is 3.11. The molecular weight excluding hydrogens is 342 g/mol. The van der Waals surface area contributed by atoms with Gasteiger partial charge < -0.3 is 20.3 Å². The van der Waals surface area contributed by atoms with Gasteiger partial charge in [-0.1, -0.05) is 29.8 Å². The Labute approximate surface area is 160 Å². The summed E-state index contributed by atoms with van der Waals surface area (Å²) in [6.07, 6.45) is 0. The Balaban J connectivity index is 1.90. The Bertz CT molecular complexity index is 810. The van der Waals surface area contributed by atoms with Crippen molar-refractivity contribution in [1.29, 1.82) is 0 Å². The Kier molecular flexibility index (Phi) is 6.96. The molecule has 2 aromatic rings. The summed E-state index contributed by atoms with van der Waals surface area (Å²) in [6, 6.07) is 11.3. The van der Waals surface area contributed by atoms with Crippen LogP contribution in [0, 0.1) is 20.8 Å². The number of ether oxygens (including phenoxy) is 1. The van der Waals surface area contributed by atoms with E-state index in [9.17, 15) is 9.59 Å². The summed E-state index contributed by atoms with van der Waals surface area (Å²) < 4.78 is 5.23. The van der Waals surface area contributed by atoms with Crippen molar-refractivity contribution in [3.8, 4) is 5.75 Å². The second-order valence-corrected chi connectivity index (χ2v) is 6.88. The van der Waals surface area contributed by atoms with Crippen molar-refractivity contribution in [2.45, 2.75) is 20.8 Å². The molecule has 2 rings (SSSR count). The van der Waals surface area contributed by atoms with Gasteiger partial charge in [-0.25, -0.2) is 0 Å². The molecular formula is C21H28N3O3+. The highest BCUT2D eigenvalue weighted by Crippen LogP contribution is 2.23. The largest absolute Gasteiger partial charge is 0.495 e. The van der Waals surface area contributed by atoms with Gasteiger partial charge in [0.1, 0.15) is 5.75 Å². The lowest BCUT2D eigenvalue weighted by molar-refractivity contribution is -0.862. The molecule has 144 valence electrons. The lowest BCUT2D eigenvalue weighted by Crippen LogP contribution is -3.11. The van der Waals surface area contributed by atoms with Crippen LogP contribution in [0.2, 0.25) is 0 Å². The predicted molar refractivity (Wildman–Crippen MR) is 108 cm³/mol. The van der Waals surface area contributed by atoms with E-state index in [-0.39, 0.29) is 24.9 Å². The third kappa shape index (κ3) is 5.82. The lowest BCUT2D eigenvalue weighted by Gasteiger charge is -2.16. The van der Waals surface area contributed by atoms with E-state index >= 15 is 0 Å². The molecule has 0 saturated carbocycles. The van der Waals surface area contributed by atoms with Gasteiger partial charge in [-0.05, 0) is 44.0 Å². The van der Waals surface area contributed by atoms with Crippen molar-refractivity contribution < 1.29 is 19.2 Å². The summed E-state index contributed by atoms with van der Waals surface area (Å²) in [6.45, 7) is 6.37. The quantitative estimate of drug-likeness (QED) is 0.695. The highest BCUT2D eigenvalue weighted by molar-refractivity contribution is 5.94. The first-order valence-electron chi connectivity index (χ1n) is 8.92. The molecule has 0 aliphatic rings. The Morgan fingerprint density at radius 2 is 1.52 bits per heavy atom. The number of hydrogen-bond acceptors (Lipinski definition) is 3. The van der Waals surface area contributed by atoms with E-state index in [1.165, 1.54) is 5.56 Å². The van der Waals surface area contributed by atoms with Crippen LogP contribution in [0.3, 0.4) is 0 Å². The molecule has 6 nitrogen and oxygen atoms in total. The molecule has 6 heteroatoms. The third-order valence-electron chi connectivity index (χ3n) is 4.25. The number of quaternary nitrogens is 1. The summed E-state index contributed by atoms with van der Waals surface area (Å²) in [7, 11) is 3.37. The smallest absolute Gasteiger partial charge is 0.279 e. The molecule has 0 aromatic heterocycles. The second kappa shape index (κ2) is 9.19. The summed E-state index contributed by atoms with van der Waals surface area (Å²) in [5, 5.41) is 5.79. The Morgan fingerprint density at radius 3 is 2.11 bits per heavy atom. The van der Waals surface area contributed by atoms with Crippen molar-refractivity contribution in [1.82, 2.24) is 0 Å². The number of para-hydroxylation sites is 2. The molecule has 0 aliphatic heterocycles. The van der Waals surface area contributed by atoms with E-state index in [1.54, 1.807) is 19.2 Å². The minimum atomic E-state index is -0.174. The molecule has 0 spiro atoms. The molecule has 0 saturated heterocycles. The van der Waals surface area contributed by atoms with Crippen LogP contribution in [-0.4, -0.2) is 39.1 Å². The summed E-state index contributed by atoms with van der Waals surface area (Å²) in [5.41, 5.74) is 4.70. The molecule has 0 radical (unpaired) electrons. The maximum Gasteiger partial charge on any atom is 0.279 e. The molecule has 3 N–H and O–H groups in total.